The van der Waals surface area contributed by atoms with E-state index in [1.165, 1.54) is 18.4 Å². The summed E-state index contributed by atoms with van der Waals surface area (Å²) in [5.41, 5.74) is 5.28. The molecule has 0 aromatic carbocycles. The molecule has 0 radical (unpaired) electrons. The minimum Gasteiger partial charge on any atom is -0.391 e. The van der Waals surface area contributed by atoms with Gasteiger partial charge < -0.3 is 20.8 Å². The van der Waals surface area contributed by atoms with Crippen molar-refractivity contribution in [1.82, 2.24) is 19.9 Å². The van der Waals surface area contributed by atoms with E-state index in [-0.39, 0.29) is 12.1 Å². The lowest BCUT2D eigenvalue weighted by Crippen LogP contribution is -2.36. The predicted molar refractivity (Wildman–Crippen MR) is 138 cm³/mol. The number of nitrogens with one attached hydrogen (secondary N) is 3. The molecule has 4 aliphatic rings. The zero-order chi connectivity index (χ0) is 23.9. The summed E-state index contributed by atoms with van der Waals surface area (Å²) < 4.78 is 1.92. The number of anilines is 2. The number of nitrogens with zero attached hydrogens (tertiary/aromatic N) is 3. The smallest absolute Gasteiger partial charge is 0.167 e. The highest BCUT2D eigenvalue weighted by atomic mass is 16.3. The Balaban J connectivity index is 1.32. The average Bonchev–Trinajstić information content (AvgIpc) is 3.78. The number of fused-ring (bicyclic) bond motifs is 1. The number of allylic oxidation sites excluding steroid dienone is 3. The minimum absolute atomic E-state index is 0.0310. The number of hydrogen-bond donors (Lipinski definition) is 5. The lowest BCUT2D eigenvalue weighted by molar-refractivity contribution is 0.116. The number of hydrogen-bond acceptors (Lipinski definition) is 7. The van der Waals surface area contributed by atoms with Crippen molar-refractivity contribution < 1.29 is 10.2 Å². The van der Waals surface area contributed by atoms with E-state index in [4.69, 9.17) is 10.1 Å². The van der Waals surface area contributed by atoms with Gasteiger partial charge in [0, 0.05) is 24.2 Å². The van der Waals surface area contributed by atoms with Gasteiger partial charge in [-0.05, 0) is 80.9 Å². The van der Waals surface area contributed by atoms with Crippen LogP contribution in [0.2, 0.25) is 0 Å². The maximum atomic E-state index is 10.6. The van der Waals surface area contributed by atoms with Gasteiger partial charge in [0.05, 0.1) is 18.3 Å². The van der Waals surface area contributed by atoms with E-state index in [1.807, 2.05) is 16.8 Å². The zero-order valence-electron chi connectivity index (χ0n) is 20.6. The Kier molecular flexibility index (Phi) is 6.28. The molecular formula is C27H38N6O2. The topological polar surface area (TPSA) is 107 Å². The Hall–Kier alpha value is -2.42. The van der Waals surface area contributed by atoms with Gasteiger partial charge in [0.2, 0.25) is 0 Å². The fourth-order valence-electron chi connectivity index (χ4n) is 5.46. The molecule has 35 heavy (non-hydrogen) atoms. The minimum atomic E-state index is -0.557. The highest BCUT2D eigenvalue weighted by Gasteiger charge is 2.28. The molecule has 2 aromatic heterocycles. The van der Waals surface area contributed by atoms with Crippen molar-refractivity contribution in [3.8, 4) is 0 Å². The van der Waals surface area contributed by atoms with Crippen LogP contribution in [0.5, 0.6) is 0 Å². The summed E-state index contributed by atoms with van der Waals surface area (Å²) >= 11 is 0. The van der Waals surface area contributed by atoms with Crippen molar-refractivity contribution in [2.75, 3.05) is 17.2 Å². The van der Waals surface area contributed by atoms with Gasteiger partial charge in [-0.25, -0.2) is 4.98 Å². The summed E-state index contributed by atoms with van der Waals surface area (Å²) in [5, 5.41) is 36.3. The summed E-state index contributed by atoms with van der Waals surface area (Å²) in [5.74, 6) is 2.47. The average molecular weight is 479 g/mol. The van der Waals surface area contributed by atoms with E-state index in [0.29, 0.717) is 6.04 Å². The monoisotopic (exact) mass is 478 g/mol. The molecule has 6 rings (SSSR count). The summed E-state index contributed by atoms with van der Waals surface area (Å²) in [4.78, 5) is 4.99. The van der Waals surface area contributed by atoms with Gasteiger partial charge in [-0.15, -0.1) is 0 Å². The van der Waals surface area contributed by atoms with E-state index in [0.717, 1.165) is 97.8 Å². The molecule has 5 N–H and O–H groups in total. The van der Waals surface area contributed by atoms with E-state index in [9.17, 15) is 10.2 Å². The second-order valence-electron chi connectivity index (χ2n) is 11.0. The lowest BCUT2D eigenvalue weighted by Gasteiger charge is -2.29. The molecule has 188 valence electrons. The second-order valence-corrected chi connectivity index (χ2v) is 11.0. The molecule has 3 atom stereocenters. The highest BCUT2D eigenvalue weighted by molar-refractivity contribution is 5.80. The third-order valence-corrected chi connectivity index (χ3v) is 8.01. The first-order valence-corrected chi connectivity index (χ1v) is 13.5. The first-order valence-electron chi connectivity index (χ1n) is 13.5. The Morgan fingerprint density at radius 3 is 2.69 bits per heavy atom. The highest BCUT2D eigenvalue weighted by Crippen LogP contribution is 2.35. The van der Waals surface area contributed by atoms with Crippen molar-refractivity contribution >= 4 is 22.9 Å². The fourth-order valence-corrected chi connectivity index (χ4v) is 5.46. The van der Waals surface area contributed by atoms with Crippen LogP contribution in [0, 0.1) is 5.92 Å². The molecule has 8 heteroatoms. The maximum Gasteiger partial charge on any atom is 0.167 e. The predicted octanol–water partition coefficient (Wildman–Crippen LogP) is 3.83. The van der Waals surface area contributed by atoms with Gasteiger partial charge in [-0.2, -0.15) is 9.61 Å². The first-order chi connectivity index (χ1) is 17.0. The van der Waals surface area contributed by atoms with E-state index in [1.54, 1.807) is 0 Å². The van der Waals surface area contributed by atoms with Crippen LogP contribution >= 0.6 is 0 Å². The molecule has 2 heterocycles. The van der Waals surface area contributed by atoms with Gasteiger partial charge in [-0.1, -0.05) is 18.9 Å². The summed E-state index contributed by atoms with van der Waals surface area (Å²) in [7, 11) is 0. The molecule has 1 unspecified atom stereocenters. The summed E-state index contributed by atoms with van der Waals surface area (Å²) in [6.07, 6.45) is 13.8. The second kappa shape index (κ2) is 9.56. The van der Waals surface area contributed by atoms with Crippen molar-refractivity contribution in [1.29, 1.82) is 0 Å². The zero-order valence-corrected chi connectivity index (χ0v) is 20.6. The van der Waals surface area contributed by atoms with Gasteiger partial charge in [-0.3, -0.25) is 5.32 Å². The SMILES string of the molecule is CC1=C(C(O)NC2CC2)CCC(c2cnn3c(NCC4CC4)cc(N[C@H]4CCCC[C@H]4O)nc23)=C1. The molecule has 8 nitrogen and oxygen atoms in total. The normalized spacial score (nSPS) is 26.1. The van der Waals surface area contributed by atoms with Crippen molar-refractivity contribution in [2.24, 2.45) is 5.92 Å². The number of aromatic nitrogens is 3. The molecule has 4 aliphatic carbocycles. The summed E-state index contributed by atoms with van der Waals surface area (Å²) in [6.45, 7) is 3.03. The third-order valence-electron chi connectivity index (χ3n) is 8.01. The van der Waals surface area contributed by atoms with Gasteiger partial charge in [0.1, 0.15) is 17.9 Å². The van der Waals surface area contributed by atoms with Crippen molar-refractivity contribution in [3.05, 3.63) is 35.0 Å². The maximum absolute atomic E-state index is 10.6. The van der Waals surface area contributed by atoms with Crippen LogP contribution in [0.4, 0.5) is 11.6 Å². The number of aliphatic hydroxyl groups is 2. The Bertz CT molecular complexity index is 1150. The van der Waals surface area contributed by atoms with Crippen LogP contribution in [-0.2, 0) is 0 Å². The molecule has 0 aliphatic heterocycles. The van der Waals surface area contributed by atoms with Gasteiger partial charge in [0.25, 0.3) is 0 Å². The Morgan fingerprint density at radius 2 is 1.94 bits per heavy atom. The van der Waals surface area contributed by atoms with Crippen molar-refractivity contribution in [3.63, 3.8) is 0 Å². The van der Waals surface area contributed by atoms with Crippen molar-refractivity contribution in [2.45, 2.75) is 95.5 Å². The number of aliphatic hydroxyl groups excluding tert-OH is 2. The standard InChI is InChI=1S/C27H38N6O2/c1-16-12-18(8-11-20(16)27(35)30-19-9-10-19)21-15-29-33-25(28-14-17-6-7-17)13-24(32-26(21)33)31-22-4-2-3-5-23(22)34/h12-13,15,17,19,22-23,27-28,30,34-35H,2-11,14H2,1H3,(H,31,32)/t22-,23+,27?/m0/s1. The van der Waals surface area contributed by atoms with Crippen LogP contribution < -0.4 is 16.0 Å². The van der Waals surface area contributed by atoms with Crippen LogP contribution in [-0.4, -0.2) is 55.8 Å². The fraction of sp³-hybridized carbons (Fsp3) is 0.630. The van der Waals surface area contributed by atoms with E-state index < -0.39 is 6.23 Å². The molecule has 0 spiro atoms. The van der Waals surface area contributed by atoms with Gasteiger partial charge >= 0.3 is 0 Å². The molecule has 2 aromatic rings. The lowest BCUT2D eigenvalue weighted by atomic mass is 9.89. The Morgan fingerprint density at radius 1 is 1.11 bits per heavy atom. The first kappa shape index (κ1) is 23.0. The van der Waals surface area contributed by atoms with Crippen LogP contribution in [0.1, 0.15) is 76.7 Å². The molecule has 3 saturated carbocycles. The number of rotatable bonds is 9. The molecule has 3 fully saturated rings. The van der Waals surface area contributed by atoms with Crippen LogP contribution in [0.3, 0.4) is 0 Å². The quantitative estimate of drug-likeness (QED) is 0.349. The van der Waals surface area contributed by atoms with E-state index >= 15 is 0 Å². The van der Waals surface area contributed by atoms with E-state index in [2.05, 4.69) is 29.0 Å². The third kappa shape index (κ3) is 5.10. The van der Waals surface area contributed by atoms with Crippen LogP contribution in [0.15, 0.2) is 29.5 Å². The van der Waals surface area contributed by atoms with Crippen LogP contribution in [0.25, 0.3) is 11.2 Å². The molecule has 0 amide bonds. The molecule has 0 saturated heterocycles. The Labute approximate surface area is 206 Å². The largest absolute Gasteiger partial charge is 0.391 e. The van der Waals surface area contributed by atoms with Gasteiger partial charge in [0.15, 0.2) is 5.65 Å². The molecule has 0 bridgehead atoms. The molecular weight excluding hydrogens is 440 g/mol. The summed E-state index contributed by atoms with van der Waals surface area (Å²) in [6, 6.07) is 2.53.